The van der Waals surface area contributed by atoms with E-state index in [2.05, 4.69) is 5.92 Å². The Bertz CT molecular complexity index is 476. The number of hydrogen-bond donors (Lipinski definition) is 1. The fourth-order valence-corrected chi connectivity index (χ4v) is 1.94. The quantitative estimate of drug-likeness (QED) is 0.791. The monoisotopic (exact) mass is 259 g/mol. The van der Waals surface area contributed by atoms with Crippen molar-refractivity contribution in [3.8, 4) is 12.3 Å². The molecule has 1 aromatic rings. The number of rotatable bonds is 6. The zero-order chi connectivity index (χ0) is 14.3. The van der Waals surface area contributed by atoms with Crippen molar-refractivity contribution in [1.82, 2.24) is 4.90 Å². The summed E-state index contributed by atoms with van der Waals surface area (Å²) in [5, 5.41) is 8.82. The Hall–Kier alpha value is -2.28. The van der Waals surface area contributed by atoms with E-state index in [0.717, 1.165) is 5.56 Å². The Morgan fingerprint density at radius 1 is 1.37 bits per heavy atom. The van der Waals surface area contributed by atoms with Crippen LogP contribution in [0.15, 0.2) is 30.3 Å². The lowest BCUT2D eigenvalue weighted by atomic mass is 9.95. The molecule has 100 valence electrons. The average molecular weight is 259 g/mol. The average Bonchev–Trinajstić information content (AvgIpc) is 2.39. The summed E-state index contributed by atoms with van der Waals surface area (Å²) in [5.41, 5.74) is 0.877. The molecule has 0 radical (unpaired) electrons. The van der Waals surface area contributed by atoms with Crippen LogP contribution in [0.25, 0.3) is 0 Å². The van der Waals surface area contributed by atoms with Crippen LogP contribution in [0.3, 0.4) is 0 Å². The van der Waals surface area contributed by atoms with Crippen LogP contribution in [0.5, 0.6) is 0 Å². The van der Waals surface area contributed by atoms with Gasteiger partial charge in [-0.05, 0) is 12.0 Å². The van der Waals surface area contributed by atoms with Crippen LogP contribution in [0.1, 0.15) is 24.8 Å². The molecule has 4 nitrogen and oxygen atoms in total. The first-order valence-electron chi connectivity index (χ1n) is 6.09. The topological polar surface area (TPSA) is 57.6 Å². The molecule has 0 aliphatic heterocycles. The van der Waals surface area contributed by atoms with Gasteiger partial charge in [0.05, 0.1) is 12.5 Å². The number of nitrogens with zero attached hydrogens (tertiary/aromatic N) is 1. The molecular formula is C15H17NO3. The Labute approximate surface area is 113 Å². The van der Waals surface area contributed by atoms with Gasteiger partial charge in [-0.1, -0.05) is 43.2 Å². The van der Waals surface area contributed by atoms with Gasteiger partial charge in [0, 0.05) is 0 Å². The van der Waals surface area contributed by atoms with Crippen molar-refractivity contribution in [3.05, 3.63) is 35.9 Å². The number of terminal acetylenes is 1. The second kappa shape index (κ2) is 7.22. The van der Waals surface area contributed by atoms with E-state index in [4.69, 9.17) is 11.5 Å². The molecule has 0 fully saturated rings. The van der Waals surface area contributed by atoms with Gasteiger partial charge >= 0.3 is 5.97 Å². The van der Waals surface area contributed by atoms with Gasteiger partial charge in [0.2, 0.25) is 5.91 Å². The minimum absolute atomic E-state index is 0.00840. The van der Waals surface area contributed by atoms with Crippen molar-refractivity contribution in [2.75, 3.05) is 13.1 Å². The van der Waals surface area contributed by atoms with Crippen molar-refractivity contribution in [1.29, 1.82) is 0 Å². The highest BCUT2D eigenvalue weighted by atomic mass is 16.4. The molecule has 4 heteroatoms. The Morgan fingerprint density at radius 2 is 2.00 bits per heavy atom. The maximum atomic E-state index is 12.4. The van der Waals surface area contributed by atoms with Gasteiger partial charge in [-0.15, -0.1) is 6.42 Å². The first-order chi connectivity index (χ1) is 9.10. The maximum Gasteiger partial charge on any atom is 0.323 e. The van der Waals surface area contributed by atoms with E-state index in [1.807, 2.05) is 37.3 Å². The summed E-state index contributed by atoms with van der Waals surface area (Å²) in [4.78, 5) is 24.3. The highest BCUT2D eigenvalue weighted by Crippen LogP contribution is 2.21. The zero-order valence-electron chi connectivity index (χ0n) is 10.9. The number of carboxylic acids is 1. The highest BCUT2D eigenvalue weighted by Gasteiger charge is 2.25. The van der Waals surface area contributed by atoms with Crippen molar-refractivity contribution in [2.24, 2.45) is 0 Å². The Balaban J connectivity index is 2.93. The van der Waals surface area contributed by atoms with Crippen LogP contribution in [-0.2, 0) is 9.59 Å². The molecule has 19 heavy (non-hydrogen) atoms. The SMILES string of the molecule is C#CCN(CC(=O)O)C(=O)C(CC)c1ccccc1. The van der Waals surface area contributed by atoms with Crippen LogP contribution < -0.4 is 0 Å². The lowest BCUT2D eigenvalue weighted by Crippen LogP contribution is -2.39. The first kappa shape index (κ1) is 14.8. The predicted molar refractivity (Wildman–Crippen MR) is 72.5 cm³/mol. The molecule has 1 N–H and O–H groups in total. The fraction of sp³-hybridized carbons (Fsp3) is 0.333. The van der Waals surface area contributed by atoms with Crippen molar-refractivity contribution in [2.45, 2.75) is 19.3 Å². The Kier molecular flexibility index (Phi) is 5.62. The van der Waals surface area contributed by atoms with Gasteiger partial charge in [0.1, 0.15) is 6.54 Å². The number of carbonyl (C=O) groups is 2. The summed E-state index contributed by atoms with van der Waals surface area (Å²) in [5.74, 6) is 0.668. The minimum Gasteiger partial charge on any atom is -0.480 e. The van der Waals surface area contributed by atoms with Crippen LogP contribution in [0.4, 0.5) is 0 Å². The molecule has 1 atom stereocenters. The Morgan fingerprint density at radius 3 is 2.47 bits per heavy atom. The second-order valence-electron chi connectivity index (χ2n) is 4.16. The number of amides is 1. The van der Waals surface area contributed by atoms with E-state index in [1.54, 1.807) is 0 Å². The predicted octanol–water partition coefficient (Wildman–Crippen LogP) is 1.73. The van der Waals surface area contributed by atoms with Gasteiger partial charge in [0.25, 0.3) is 0 Å². The molecule has 0 spiro atoms. The smallest absolute Gasteiger partial charge is 0.323 e. The van der Waals surface area contributed by atoms with E-state index >= 15 is 0 Å². The fourth-order valence-electron chi connectivity index (χ4n) is 1.94. The second-order valence-corrected chi connectivity index (χ2v) is 4.16. The van der Waals surface area contributed by atoms with Gasteiger partial charge in [0.15, 0.2) is 0 Å². The van der Waals surface area contributed by atoms with Gasteiger partial charge in [-0.3, -0.25) is 9.59 Å². The number of benzene rings is 1. The van der Waals surface area contributed by atoms with E-state index < -0.39 is 5.97 Å². The zero-order valence-corrected chi connectivity index (χ0v) is 10.9. The molecule has 0 saturated carbocycles. The molecular weight excluding hydrogens is 242 g/mol. The third-order valence-corrected chi connectivity index (χ3v) is 2.83. The molecule has 0 aliphatic rings. The first-order valence-corrected chi connectivity index (χ1v) is 6.09. The summed E-state index contributed by atoms with van der Waals surface area (Å²) in [6, 6.07) is 9.31. The summed E-state index contributed by atoms with van der Waals surface area (Å²) in [6.45, 7) is 1.53. The van der Waals surface area contributed by atoms with Crippen LogP contribution >= 0.6 is 0 Å². The summed E-state index contributed by atoms with van der Waals surface area (Å²) >= 11 is 0. The number of aliphatic carboxylic acids is 1. The number of carbonyl (C=O) groups excluding carboxylic acids is 1. The van der Waals surface area contributed by atoms with Crippen molar-refractivity contribution >= 4 is 11.9 Å². The molecule has 0 heterocycles. The molecule has 1 unspecified atom stereocenters. The molecule has 0 aliphatic carbocycles. The minimum atomic E-state index is -1.06. The van der Waals surface area contributed by atoms with Crippen molar-refractivity contribution in [3.63, 3.8) is 0 Å². The van der Waals surface area contributed by atoms with E-state index in [0.29, 0.717) is 6.42 Å². The van der Waals surface area contributed by atoms with Crippen LogP contribution in [-0.4, -0.2) is 35.0 Å². The van der Waals surface area contributed by atoms with E-state index in [-0.39, 0.29) is 24.9 Å². The molecule has 0 bridgehead atoms. The highest BCUT2D eigenvalue weighted by molar-refractivity contribution is 5.86. The maximum absolute atomic E-state index is 12.4. The van der Waals surface area contributed by atoms with Gasteiger partial charge < -0.3 is 10.0 Å². The standard InChI is InChI=1S/C15H17NO3/c1-3-10-16(11-14(17)18)15(19)13(4-2)12-8-6-5-7-9-12/h1,5-9,13H,4,10-11H2,2H3,(H,17,18). The van der Waals surface area contributed by atoms with E-state index in [1.165, 1.54) is 4.90 Å². The summed E-state index contributed by atoms with van der Waals surface area (Å²) in [6.07, 6.45) is 5.79. The largest absolute Gasteiger partial charge is 0.480 e. The molecule has 1 amide bonds. The molecule has 0 saturated heterocycles. The third kappa shape index (κ3) is 4.14. The normalized spacial score (nSPS) is 11.4. The molecule has 1 aromatic carbocycles. The number of carboxylic acid groups (broad SMARTS) is 1. The van der Waals surface area contributed by atoms with Crippen molar-refractivity contribution < 1.29 is 14.7 Å². The number of hydrogen-bond acceptors (Lipinski definition) is 2. The summed E-state index contributed by atoms with van der Waals surface area (Å²) < 4.78 is 0. The third-order valence-electron chi connectivity index (χ3n) is 2.83. The molecule has 0 aromatic heterocycles. The summed E-state index contributed by atoms with van der Waals surface area (Å²) in [7, 11) is 0. The van der Waals surface area contributed by atoms with E-state index in [9.17, 15) is 9.59 Å². The lowest BCUT2D eigenvalue weighted by molar-refractivity contribution is -0.144. The van der Waals surface area contributed by atoms with Crippen LogP contribution in [0, 0.1) is 12.3 Å². The van der Waals surface area contributed by atoms with Crippen LogP contribution in [0.2, 0.25) is 0 Å². The molecule has 1 rings (SSSR count). The van der Waals surface area contributed by atoms with Gasteiger partial charge in [-0.2, -0.15) is 0 Å². The van der Waals surface area contributed by atoms with Gasteiger partial charge in [-0.25, -0.2) is 0 Å². The lowest BCUT2D eigenvalue weighted by Gasteiger charge is -2.24.